The van der Waals surface area contributed by atoms with Gasteiger partial charge in [-0.1, -0.05) is 12.1 Å². The Morgan fingerprint density at radius 2 is 1.96 bits per heavy atom. The van der Waals surface area contributed by atoms with Crippen molar-refractivity contribution >= 4 is 11.5 Å². The lowest BCUT2D eigenvalue weighted by Gasteiger charge is -2.24. The maximum absolute atomic E-state index is 11.7. The van der Waals surface area contributed by atoms with E-state index in [0.717, 1.165) is 36.4 Å². The Balaban J connectivity index is 1.73. The zero-order chi connectivity index (χ0) is 18.1. The fraction of sp³-hybridized carbons (Fsp3) is 0.409. The van der Waals surface area contributed by atoms with Crippen LogP contribution in [-0.2, 0) is 5.72 Å². The number of hydrogen-bond donors (Lipinski definition) is 1. The van der Waals surface area contributed by atoms with Gasteiger partial charge in [-0.05, 0) is 68.7 Å². The van der Waals surface area contributed by atoms with E-state index in [1.54, 1.807) is 0 Å². The standard InChI is InChI=1S/C22H27N2O2/c1-3-26-20-12-10-18(11-13-20)22(25)16-23(19-8-6-7-17(2)15-19)21-9-4-5-14-24(21)22/h6-8,10-13,15,25H,3-5,9,14,16H2,1-2H3/q+1/t22-/m1/s1. The van der Waals surface area contributed by atoms with Gasteiger partial charge in [-0.2, -0.15) is 0 Å². The minimum atomic E-state index is -0.996. The molecular formula is C22H27N2O2+. The molecule has 2 heterocycles. The first kappa shape index (κ1) is 17.1. The van der Waals surface area contributed by atoms with Crippen molar-refractivity contribution in [3.63, 3.8) is 0 Å². The Bertz CT molecular complexity index is 828. The van der Waals surface area contributed by atoms with Crippen molar-refractivity contribution in [1.29, 1.82) is 0 Å². The van der Waals surface area contributed by atoms with E-state index in [1.807, 2.05) is 31.2 Å². The van der Waals surface area contributed by atoms with Crippen LogP contribution < -0.4 is 9.64 Å². The van der Waals surface area contributed by atoms with Crippen molar-refractivity contribution in [1.82, 2.24) is 0 Å². The van der Waals surface area contributed by atoms with Gasteiger partial charge in [0, 0.05) is 12.0 Å². The molecule has 4 rings (SSSR count). The van der Waals surface area contributed by atoms with Crippen LogP contribution in [0.4, 0.5) is 5.69 Å². The third-order valence-corrected chi connectivity index (χ3v) is 5.42. The predicted molar refractivity (Wildman–Crippen MR) is 104 cm³/mol. The van der Waals surface area contributed by atoms with Crippen LogP contribution in [0.25, 0.3) is 0 Å². The zero-order valence-electron chi connectivity index (χ0n) is 15.6. The molecule has 0 amide bonds. The van der Waals surface area contributed by atoms with Gasteiger partial charge in [-0.3, -0.25) is 0 Å². The Labute approximate surface area is 155 Å². The SMILES string of the molecule is CCOc1ccc([C@]2(O)CN(c3cccc(C)c3)C3=[N+]2CCCC3)cc1. The summed E-state index contributed by atoms with van der Waals surface area (Å²) in [7, 11) is 0. The number of aryl methyl sites for hydroxylation is 1. The van der Waals surface area contributed by atoms with Crippen LogP contribution in [0.15, 0.2) is 48.5 Å². The van der Waals surface area contributed by atoms with Crippen LogP contribution in [0.1, 0.15) is 37.3 Å². The molecule has 4 nitrogen and oxygen atoms in total. The molecule has 4 heteroatoms. The highest BCUT2D eigenvalue weighted by atomic mass is 16.5. The third-order valence-electron chi connectivity index (χ3n) is 5.42. The zero-order valence-corrected chi connectivity index (χ0v) is 15.6. The van der Waals surface area contributed by atoms with E-state index in [1.165, 1.54) is 17.8 Å². The number of aliphatic hydroxyl groups is 1. The highest BCUT2D eigenvalue weighted by Crippen LogP contribution is 2.36. The number of hydrogen-bond acceptors (Lipinski definition) is 3. The van der Waals surface area contributed by atoms with E-state index >= 15 is 0 Å². The van der Waals surface area contributed by atoms with Crippen molar-refractivity contribution < 1.29 is 14.4 Å². The molecule has 0 fully saturated rings. The normalized spacial score (nSPS) is 22.5. The van der Waals surface area contributed by atoms with Gasteiger partial charge in [-0.25, -0.2) is 9.48 Å². The monoisotopic (exact) mass is 351 g/mol. The Kier molecular flexibility index (Phi) is 4.45. The number of benzene rings is 2. The summed E-state index contributed by atoms with van der Waals surface area (Å²) in [5.74, 6) is 2.08. The lowest BCUT2D eigenvalue weighted by atomic mass is 10.0. The number of nitrogens with zero attached hydrogens (tertiary/aromatic N) is 2. The first-order valence-electron chi connectivity index (χ1n) is 9.55. The predicted octanol–water partition coefficient (Wildman–Crippen LogP) is 3.65. The van der Waals surface area contributed by atoms with Crippen LogP contribution in [0, 0.1) is 6.92 Å². The molecule has 2 aromatic carbocycles. The average molecular weight is 351 g/mol. The maximum Gasteiger partial charge on any atom is 0.271 e. The molecule has 0 radical (unpaired) electrons. The topological polar surface area (TPSA) is 35.7 Å². The van der Waals surface area contributed by atoms with Gasteiger partial charge in [0.05, 0.1) is 13.2 Å². The van der Waals surface area contributed by atoms with E-state index in [4.69, 9.17) is 4.74 Å². The highest BCUT2D eigenvalue weighted by Gasteiger charge is 2.52. The molecule has 0 spiro atoms. The number of anilines is 1. The van der Waals surface area contributed by atoms with E-state index in [9.17, 15) is 5.11 Å². The van der Waals surface area contributed by atoms with Gasteiger partial charge in [-0.15, -0.1) is 0 Å². The molecule has 2 aromatic rings. The molecule has 1 atom stereocenters. The first-order chi connectivity index (χ1) is 12.6. The molecule has 26 heavy (non-hydrogen) atoms. The van der Waals surface area contributed by atoms with Gasteiger partial charge < -0.3 is 9.84 Å². The van der Waals surface area contributed by atoms with Crippen molar-refractivity contribution in [2.75, 3.05) is 24.6 Å². The summed E-state index contributed by atoms with van der Waals surface area (Å²) < 4.78 is 7.76. The number of β-amino-alcohol motifs (C(OH)–C–C–N with tert-alkyl or cyclic N) is 1. The second kappa shape index (κ2) is 6.76. The first-order valence-corrected chi connectivity index (χ1v) is 9.55. The number of amidine groups is 1. The van der Waals surface area contributed by atoms with E-state index < -0.39 is 5.72 Å². The molecule has 0 aromatic heterocycles. The van der Waals surface area contributed by atoms with Crippen LogP contribution in [0.2, 0.25) is 0 Å². The van der Waals surface area contributed by atoms with E-state index in [2.05, 4.69) is 40.7 Å². The van der Waals surface area contributed by atoms with E-state index in [0.29, 0.717) is 13.2 Å². The average Bonchev–Trinajstić information content (AvgIpc) is 2.97. The summed E-state index contributed by atoms with van der Waals surface area (Å²) in [6, 6.07) is 16.4. The molecule has 1 N–H and O–H groups in total. The molecule has 2 aliphatic rings. The highest BCUT2D eigenvalue weighted by molar-refractivity contribution is 5.96. The fourth-order valence-electron chi connectivity index (χ4n) is 4.16. The van der Waals surface area contributed by atoms with Gasteiger partial charge in [0.1, 0.15) is 11.4 Å². The van der Waals surface area contributed by atoms with Crippen LogP contribution in [0.3, 0.4) is 0 Å². The minimum Gasteiger partial charge on any atom is -0.494 e. The largest absolute Gasteiger partial charge is 0.494 e. The third kappa shape index (κ3) is 2.88. The molecule has 0 saturated carbocycles. The van der Waals surface area contributed by atoms with Gasteiger partial charge >= 0.3 is 0 Å². The smallest absolute Gasteiger partial charge is 0.271 e. The number of ether oxygens (including phenoxy) is 1. The Morgan fingerprint density at radius 3 is 2.69 bits per heavy atom. The molecule has 136 valence electrons. The summed E-state index contributed by atoms with van der Waals surface area (Å²) in [6.45, 7) is 6.19. The van der Waals surface area contributed by atoms with Gasteiger partial charge in [0.25, 0.3) is 11.6 Å². The van der Waals surface area contributed by atoms with Crippen LogP contribution in [0.5, 0.6) is 5.75 Å². The Morgan fingerprint density at radius 1 is 1.15 bits per heavy atom. The summed E-state index contributed by atoms with van der Waals surface area (Å²) in [5.41, 5.74) is 2.33. The van der Waals surface area contributed by atoms with Gasteiger partial charge in [0.2, 0.25) is 0 Å². The van der Waals surface area contributed by atoms with Crippen molar-refractivity contribution in [3.05, 3.63) is 59.7 Å². The van der Waals surface area contributed by atoms with Crippen LogP contribution in [-0.4, -0.2) is 35.2 Å². The molecule has 0 bridgehead atoms. The summed E-state index contributed by atoms with van der Waals surface area (Å²) in [4.78, 5) is 2.29. The lowest BCUT2D eigenvalue weighted by molar-refractivity contribution is -0.661. The summed E-state index contributed by atoms with van der Waals surface area (Å²) in [6.07, 6.45) is 3.30. The van der Waals surface area contributed by atoms with Gasteiger partial charge in [0.15, 0.2) is 6.54 Å². The van der Waals surface area contributed by atoms with Crippen molar-refractivity contribution in [2.24, 2.45) is 0 Å². The minimum absolute atomic E-state index is 0.555. The second-order valence-corrected chi connectivity index (χ2v) is 7.22. The van der Waals surface area contributed by atoms with Crippen molar-refractivity contribution in [3.8, 4) is 5.75 Å². The summed E-state index contributed by atoms with van der Waals surface area (Å²) in [5, 5.41) is 11.7. The quantitative estimate of drug-likeness (QED) is 0.854. The molecule has 0 aliphatic carbocycles. The molecule has 0 unspecified atom stereocenters. The number of rotatable bonds is 4. The molecule has 2 aliphatic heterocycles. The van der Waals surface area contributed by atoms with E-state index in [-0.39, 0.29) is 0 Å². The maximum atomic E-state index is 11.7. The van der Waals surface area contributed by atoms with Crippen molar-refractivity contribution in [2.45, 2.75) is 38.8 Å². The lowest BCUT2D eigenvalue weighted by Crippen LogP contribution is -2.41. The summed E-state index contributed by atoms with van der Waals surface area (Å²) >= 11 is 0. The van der Waals surface area contributed by atoms with Crippen LogP contribution >= 0.6 is 0 Å². The second-order valence-electron chi connectivity index (χ2n) is 7.22. The molecule has 0 saturated heterocycles. The fourth-order valence-corrected chi connectivity index (χ4v) is 4.16. The Hall–Kier alpha value is -2.33. The molecular weight excluding hydrogens is 324 g/mol.